The molecule has 1 aromatic rings. The van der Waals surface area contributed by atoms with Crippen molar-refractivity contribution in [3.63, 3.8) is 0 Å². The fourth-order valence-corrected chi connectivity index (χ4v) is 4.27. The molecule has 0 radical (unpaired) electrons. The van der Waals surface area contributed by atoms with Gasteiger partial charge in [0.2, 0.25) is 10.0 Å². The van der Waals surface area contributed by atoms with Crippen molar-refractivity contribution in [1.82, 2.24) is 0 Å². The molecule has 0 bridgehead atoms. The number of hydrogen-bond donors (Lipinski definition) is 1. The fourth-order valence-electron chi connectivity index (χ4n) is 1.05. The van der Waals surface area contributed by atoms with Crippen LogP contribution in [-0.4, -0.2) is 28.2 Å². The number of halogens is 2. The summed E-state index contributed by atoms with van der Waals surface area (Å²) in [5, 5.41) is -1.04. The lowest BCUT2D eigenvalue weighted by molar-refractivity contribution is 0.595. The first-order valence-electron chi connectivity index (χ1n) is 4.22. The third-order valence-corrected chi connectivity index (χ3v) is 5.71. The highest BCUT2D eigenvalue weighted by Crippen LogP contribution is 2.20. The van der Waals surface area contributed by atoms with E-state index in [0.717, 1.165) is 12.3 Å². The van der Waals surface area contributed by atoms with Gasteiger partial charge in [-0.1, -0.05) is 0 Å². The van der Waals surface area contributed by atoms with E-state index in [-0.39, 0.29) is 10.2 Å². The molecule has 0 amide bonds. The van der Waals surface area contributed by atoms with Crippen molar-refractivity contribution in [3.8, 4) is 0 Å². The molecule has 0 spiro atoms. The van der Waals surface area contributed by atoms with Crippen molar-refractivity contribution >= 4 is 41.5 Å². The molecular weight excluding hydrogens is 337 g/mol. The van der Waals surface area contributed by atoms with Gasteiger partial charge in [-0.25, -0.2) is 21.2 Å². The molecule has 0 unspecified atom stereocenters. The van der Waals surface area contributed by atoms with Crippen LogP contribution in [0.3, 0.4) is 0 Å². The standard InChI is InChI=1S/C8H9BrFNO4S2/c1-16(12,13)5-17(14,15)11-6-2-3-7(9)8(10)4-6/h2-4,11H,5H2,1H3. The SMILES string of the molecule is CS(=O)(=O)CS(=O)(=O)Nc1ccc(Br)c(F)c1. The smallest absolute Gasteiger partial charge is 0.247 e. The molecule has 0 aliphatic carbocycles. The molecule has 9 heteroatoms. The Bertz CT molecular complexity index is 627. The van der Waals surface area contributed by atoms with Gasteiger partial charge in [-0.3, -0.25) is 4.72 Å². The molecule has 0 saturated carbocycles. The topological polar surface area (TPSA) is 80.3 Å². The number of benzene rings is 1. The molecule has 0 saturated heterocycles. The second-order valence-electron chi connectivity index (χ2n) is 3.39. The van der Waals surface area contributed by atoms with E-state index >= 15 is 0 Å². The number of sulfonamides is 1. The Balaban J connectivity index is 2.95. The molecule has 1 rings (SSSR count). The predicted molar refractivity (Wildman–Crippen MR) is 66.4 cm³/mol. The van der Waals surface area contributed by atoms with Crippen LogP contribution in [0.15, 0.2) is 22.7 Å². The normalized spacial score (nSPS) is 12.4. The van der Waals surface area contributed by atoms with Crippen LogP contribution >= 0.6 is 15.9 Å². The molecule has 0 aromatic heterocycles. The Hall–Kier alpha value is -0.670. The first kappa shape index (κ1) is 14.4. The van der Waals surface area contributed by atoms with Gasteiger partial charge in [0.05, 0.1) is 10.2 Å². The molecule has 5 nitrogen and oxygen atoms in total. The van der Waals surface area contributed by atoms with Crippen LogP contribution in [0.1, 0.15) is 0 Å². The van der Waals surface area contributed by atoms with Gasteiger partial charge >= 0.3 is 0 Å². The summed E-state index contributed by atoms with van der Waals surface area (Å²) >= 11 is 2.91. The summed E-state index contributed by atoms with van der Waals surface area (Å²) in [6, 6.07) is 3.57. The zero-order valence-corrected chi connectivity index (χ0v) is 11.9. The van der Waals surface area contributed by atoms with Gasteiger partial charge in [-0.05, 0) is 34.1 Å². The van der Waals surface area contributed by atoms with E-state index in [2.05, 4.69) is 15.9 Å². The molecule has 0 aliphatic heterocycles. The maximum absolute atomic E-state index is 13.1. The van der Waals surface area contributed by atoms with E-state index in [1.54, 1.807) is 0 Å². The second kappa shape index (κ2) is 4.91. The van der Waals surface area contributed by atoms with Crippen molar-refractivity contribution in [2.75, 3.05) is 16.1 Å². The van der Waals surface area contributed by atoms with Gasteiger partial charge in [0.15, 0.2) is 14.9 Å². The summed E-state index contributed by atoms with van der Waals surface area (Å²) in [5.74, 6) is -0.649. The number of hydrogen-bond acceptors (Lipinski definition) is 4. The Kier molecular flexibility index (Phi) is 4.15. The van der Waals surface area contributed by atoms with Gasteiger partial charge in [-0.15, -0.1) is 0 Å². The molecule has 0 atom stereocenters. The first-order valence-corrected chi connectivity index (χ1v) is 8.73. The summed E-state index contributed by atoms with van der Waals surface area (Å²) in [4.78, 5) is 0. The van der Waals surface area contributed by atoms with Crippen molar-refractivity contribution in [2.24, 2.45) is 0 Å². The predicted octanol–water partition coefficient (Wildman–Crippen LogP) is 1.33. The number of anilines is 1. The monoisotopic (exact) mass is 345 g/mol. The van der Waals surface area contributed by atoms with Crippen LogP contribution in [0.2, 0.25) is 0 Å². The van der Waals surface area contributed by atoms with Crippen LogP contribution in [0.5, 0.6) is 0 Å². The van der Waals surface area contributed by atoms with Crippen molar-refractivity contribution in [1.29, 1.82) is 0 Å². The largest absolute Gasteiger partial charge is 0.283 e. The third kappa shape index (κ3) is 5.00. The lowest BCUT2D eigenvalue weighted by Gasteiger charge is -2.07. The van der Waals surface area contributed by atoms with Crippen LogP contribution in [0, 0.1) is 5.82 Å². The highest BCUT2D eigenvalue weighted by atomic mass is 79.9. The molecule has 0 heterocycles. The molecule has 17 heavy (non-hydrogen) atoms. The zero-order valence-electron chi connectivity index (χ0n) is 8.64. The Morgan fingerprint density at radius 2 is 1.88 bits per heavy atom. The average molecular weight is 346 g/mol. The molecular formula is C8H9BrFNO4S2. The summed E-state index contributed by atoms with van der Waals surface area (Å²) in [6.45, 7) is 0. The second-order valence-corrected chi connectivity index (χ2v) is 8.47. The summed E-state index contributed by atoms with van der Waals surface area (Å²) in [6.07, 6.45) is 0.800. The lowest BCUT2D eigenvalue weighted by atomic mass is 10.3. The minimum atomic E-state index is -4.04. The van der Waals surface area contributed by atoms with Gasteiger partial charge in [-0.2, -0.15) is 0 Å². The molecule has 1 N–H and O–H groups in total. The third-order valence-electron chi connectivity index (χ3n) is 1.56. The van der Waals surface area contributed by atoms with E-state index in [9.17, 15) is 21.2 Å². The van der Waals surface area contributed by atoms with Crippen LogP contribution in [0.4, 0.5) is 10.1 Å². The first-order chi connectivity index (χ1) is 7.59. The van der Waals surface area contributed by atoms with Crippen molar-refractivity contribution in [3.05, 3.63) is 28.5 Å². The molecule has 0 aliphatic rings. The zero-order chi connectivity index (χ0) is 13.3. The minimum Gasteiger partial charge on any atom is -0.283 e. The molecule has 1 aromatic carbocycles. The van der Waals surface area contributed by atoms with Crippen LogP contribution in [-0.2, 0) is 19.9 Å². The van der Waals surface area contributed by atoms with E-state index in [0.29, 0.717) is 0 Å². The lowest BCUT2D eigenvalue weighted by Crippen LogP contribution is -2.22. The quantitative estimate of drug-likeness (QED) is 0.892. The fraction of sp³-hybridized carbons (Fsp3) is 0.250. The molecule has 0 fully saturated rings. The number of nitrogens with one attached hydrogen (secondary N) is 1. The number of sulfone groups is 1. The highest BCUT2D eigenvalue weighted by Gasteiger charge is 2.18. The van der Waals surface area contributed by atoms with Crippen LogP contribution < -0.4 is 4.72 Å². The van der Waals surface area contributed by atoms with Gasteiger partial charge in [0, 0.05) is 6.26 Å². The van der Waals surface area contributed by atoms with Gasteiger partial charge in [0.25, 0.3) is 0 Å². The Labute approximate surface area is 107 Å². The van der Waals surface area contributed by atoms with Crippen LogP contribution in [0.25, 0.3) is 0 Å². The van der Waals surface area contributed by atoms with E-state index in [1.165, 1.54) is 12.1 Å². The van der Waals surface area contributed by atoms with E-state index < -0.39 is 30.8 Å². The van der Waals surface area contributed by atoms with E-state index in [1.807, 2.05) is 4.72 Å². The van der Waals surface area contributed by atoms with Crippen molar-refractivity contribution in [2.45, 2.75) is 0 Å². The molecule has 96 valence electrons. The summed E-state index contributed by atoms with van der Waals surface area (Å²) < 4.78 is 59.7. The maximum Gasteiger partial charge on any atom is 0.247 e. The summed E-state index contributed by atoms with van der Waals surface area (Å²) in [7, 11) is -7.72. The minimum absolute atomic E-state index is 0.0330. The van der Waals surface area contributed by atoms with E-state index in [4.69, 9.17) is 0 Å². The van der Waals surface area contributed by atoms with Gasteiger partial charge < -0.3 is 0 Å². The Morgan fingerprint density at radius 1 is 1.29 bits per heavy atom. The van der Waals surface area contributed by atoms with Gasteiger partial charge in [0.1, 0.15) is 5.82 Å². The Morgan fingerprint density at radius 3 is 2.35 bits per heavy atom. The highest BCUT2D eigenvalue weighted by molar-refractivity contribution is 9.10. The maximum atomic E-state index is 13.1. The van der Waals surface area contributed by atoms with Crippen molar-refractivity contribution < 1.29 is 21.2 Å². The summed E-state index contributed by atoms with van der Waals surface area (Å²) in [5.41, 5.74) is -0.0330. The number of rotatable bonds is 4. The average Bonchev–Trinajstić information content (AvgIpc) is 2.06.